The first kappa shape index (κ1) is 23.1. The van der Waals surface area contributed by atoms with E-state index >= 15 is 0 Å². The summed E-state index contributed by atoms with van der Waals surface area (Å²) in [5, 5.41) is 3.55. The van der Waals surface area contributed by atoms with Gasteiger partial charge in [-0.2, -0.15) is 0 Å². The monoisotopic (exact) mass is 447 g/mol. The number of fused-ring (bicyclic) bond motifs is 1. The first-order chi connectivity index (χ1) is 14.9. The van der Waals surface area contributed by atoms with Gasteiger partial charge in [-0.15, -0.1) is 11.8 Å². The van der Waals surface area contributed by atoms with E-state index in [4.69, 9.17) is 9.47 Å². The molecule has 8 nitrogen and oxygen atoms in total. The normalized spacial score (nSPS) is 18.7. The van der Waals surface area contributed by atoms with Gasteiger partial charge < -0.3 is 24.3 Å². The first-order valence-corrected chi connectivity index (χ1v) is 11.4. The van der Waals surface area contributed by atoms with Gasteiger partial charge in [0.25, 0.3) is 0 Å². The number of carbonyl (C=O) groups is 3. The summed E-state index contributed by atoms with van der Waals surface area (Å²) in [7, 11) is 0. The second kappa shape index (κ2) is 10.7. The molecular weight excluding hydrogens is 418 g/mol. The molecule has 1 saturated heterocycles. The van der Waals surface area contributed by atoms with Gasteiger partial charge in [0.2, 0.25) is 11.8 Å². The topological polar surface area (TPSA) is 89.9 Å². The number of esters is 1. The molecule has 1 fully saturated rings. The lowest BCUT2D eigenvalue weighted by Gasteiger charge is -2.35. The van der Waals surface area contributed by atoms with Crippen LogP contribution in [0.25, 0.3) is 10.9 Å². The molecule has 1 aromatic heterocycles. The molecule has 1 aliphatic heterocycles. The van der Waals surface area contributed by atoms with Gasteiger partial charge in [0, 0.05) is 35.1 Å². The van der Waals surface area contributed by atoms with Gasteiger partial charge in [0.05, 0.1) is 24.6 Å². The number of morpholine rings is 1. The van der Waals surface area contributed by atoms with Gasteiger partial charge in [0.15, 0.2) is 0 Å². The molecule has 2 heterocycles. The van der Waals surface area contributed by atoms with Crippen LogP contribution in [0.2, 0.25) is 0 Å². The lowest BCUT2D eigenvalue weighted by molar-refractivity contribution is -0.144. The highest BCUT2D eigenvalue weighted by Gasteiger charge is 2.26. The molecule has 2 aromatic rings. The number of hydrogen-bond donors (Lipinski definition) is 1. The molecule has 31 heavy (non-hydrogen) atoms. The number of ether oxygens (including phenoxy) is 2. The predicted molar refractivity (Wildman–Crippen MR) is 119 cm³/mol. The van der Waals surface area contributed by atoms with Crippen LogP contribution in [0.3, 0.4) is 0 Å². The van der Waals surface area contributed by atoms with E-state index in [2.05, 4.69) is 5.32 Å². The summed E-state index contributed by atoms with van der Waals surface area (Å²) in [5.74, 6) is -0.490. The summed E-state index contributed by atoms with van der Waals surface area (Å²) in [6, 6.07) is 7.82. The molecule has 0 spiro atoms. The molecule has 0 radical (unpaired) electrons. The van der Waals surface area contributed by atoms with Gasteiger partial charge >= 0.3 is 5.97 Å². The van der Waals surface area contributed by atoms with Gasteiger partial charge in [-0.05, 0) is 26.8 Å². The van der Waals surface area contributed by atoms with E-state index in [-0.39, 0.29) is 49.5 Å². The van der Waals surface area contributed by atoms with Crippen LogP contribution in [0.15, 0.2) is 35.4 Å². The third kappa shape index (κ3) is 6.24. The van der Waals surface area contributed by atoms with Crippen LogP contribution in [0.5, 0.6) is 0 Å². The van der Waals surface area contributed by atoms with Crippen molar-refractivity contribution in [3.05, 3.63) is 30.5 Å². The Bertz CT molecular complexity index is 934. The van der Waals surface area contributed by atoms with Crippen molar-refractivity contribution in [3.8, 4) is 0 Å². The van der Waals surface area contributed by atoms with Crippen LogP contribution in [0, 0.1) is 0 Å². The van der Waals surface area contributed by atoms with Crippen LogP contribution in [-0.4, -0.2) is 71.5 Å². The van der Waals surface area contributed by atoms with Crippen molar-refractivity contribution >= 4 is 40.4 Å². The Labute approximate surface area is 186 Å². The zero-order chi connectivity index (χ0) is 22.4. The Balaban J connectivity index is 1.65. The molecule has 1 aromatic carbocycles. The molecule has 1 aliphatic rings. The van der Waals surface area contributed by atoms with E-state index in [0.29, 0.717) is 13.1 Å². The second-order valence-corrected chi connectivity index (χ2v) is 8.58. The van der Waals surface area contributed by atoms with Crippen LogP contribution >= 0.6 is 11.8 Å². The van der Waals surface area contributed by atoms with E-state index in [0.717, 1.165) is 15.8 Å². The highest BCUT2D eigenvalue weighted by molar-refractivity contribution is 8.00. The minimum Gasteiger partial charge on any atom is -0.465 e. The quantitative estimate of drug-likeness (QED) is 0.492. The van der Waals surface area contributed by atoms with Crippen molar-refractivity contribution in [2.45, 2.75) is 44.4 Å². The molecule has 2 amide bonds. The Kier molecular flexibility index (Phi) is 7.97. The smallest absolute Gasteiger partial charge is 0.325 e. The number of hydrogen-bond acceptors (Lipinski definition) is 6. The maximum atomic E-state index is 12.9. The van der Waals surface area contributed by atoms with Gasteiger partial charge in [0.1, 0.15) is 13.1 Å². The second-order valence-electron chi connectivity index (χ2n) is 7.56. The first-order valence-electron chi connectivity index (χ1n) is 10.4. The average molecular weight is 448 g/mol. The number of para-hydroxylation sites is 1. The molecule has 3 rings (SSSR count). The number of carbonyl (C=O) groups excluding carboxylic acids is 3. The Morgan fingerprint density at radius 3 is 2.61 bits per heavy atom. The number of aromatic nitrogens is 1. The van der Waals surface area contributed by atoms with Crippen molar-refractivity contribution in [2.75, 3.05) is 32.0 Å². The number of rotatable bonds is 8. The number of nitrogens with one attached hydrogen (secondary N) is 1. The van der Waals surface area contributed by atoms with Crippen LogP contribution in [0.1, 0.15) is 20.8 Å². The van der Waals surface area contributed by atoms with E-state index in [1.165, 1.54) is 11.8 Å². The minimum absolute atomic E-state index is 0.0216. The molecule has 1 N–H and O–H groups in total. The molecule has 0 aliphatic carbocycles. The minimum atomic E-state index is -0.456. The summed E-state index contributed by atoms with van der Waals surface area (Å²) >= 11 is 1.38. The Hall–Kier alpha value is -2.52. The summed E-state index contributed by atoms with van der Waals surface area (Å²) in [6.07, 6.45) is 1.96. The summed E-state index contributed by atoms with van der Waals surface area (Å²) in [4.78, 5) is 39.2. The summed E-state index contributed by atoms with van der Waals surface area (Å²) in [5.41, 5.74) is 0.944. The van der Waals surface area contributed by atoms with Crippen molar-refractivity contribution in [1.82, 2.24) is 14.8 Å². The SMILES string of the molecule is CCOC(=O)CNC(=O)CSc1cn(CC(=O)N2C[C@H](C)O[C@@H](C)C2)c2ccccc12. The maximum absolute atomic E-state index is 12.9. The number of nitrogens with zero attached hydrogens (tertiary/aromatic N) is 2. The van der Waals surface area contributed by atoms with Crippen LogP contribution in [0.4, 0.5) is 0 Å². The highest BCUT2D eigenvalue weighted by Crippen LogP contribution is 2.30. The average Bonchev–Trinajstić information content (AvgIpc) is 3.08. The van der Waals surface area contributed by atoms with Gasteiger partial charge in [-0.3, -0.25) is 14.4 Å². The zero-order valence-corrected chi connectivity index (χ0v) is 18.9. The summed E-state index contributed by atoms with van der Waals surface area (Å²) < 4.78 is 12.5. The fourth-order valence-electron chi connectivity index (χ4n) is 3.66. The third-order valence-electron chi connectivity index (χ3n) is 4.92. The number of benzene rings is 1. The molecule has 9 heteroatoms. The molecule has 0 bridgehead atoms. The van der Waals surface area contributed by atoms with E-state index in [9.17, 15) is 14.4 Å². The van der Waals surface area contributed by atoms with E-state index in [1.807, 2.05) is 53.8 Å². The highest BCUT2D eigenvalue weighted by atomic mass is 32.2. The lowest BCUT2D eigenvalue weighted by atomic mass is 10.2. The van der Waals surface area contributed by atoms with Crippen molar-refractivity contribution < 1.29 is 23.9 Å². The standard InChI is InChI=1S/C22H29N3O5S/c1-4-29-22(28)9-23-20(26)14-31-19-12-24(18-8-6-5-7-17(18)19)13-21(27)25-10-15(2)30-16(3)11-25/h5-8,12,15-16H,4,9-11,13-14H2,1-3H3,(H,23,26)/t15-,16-/m0/s1. The molecule has 2 atom stereocenters. The summed E-state index contributed by atoms with van der Waals surface area (Å²) in [6.45, 7) is 7.22. The maximum Gasteiger partial charge on any atom is 0.325 e. The Morgan fingerprint density at radius 1 is 1.19 bits per heavy atom. The van der Waals surface area contributed by atoms with Crippen molar-refractivity contribution in [3.63, 3.8) is 0 Å². The number of thioether (sulfide) groups is 1. The van der Waals surface area contributed by atoms with E-state index < -0.39 is 5.97 Å². The largest absolute Gasteiger partial charge is 0.465 e. The molecule has 0 saturated carbocycles. The van der Waals surface area contributed by atoms with Crippen LogP contribution < -0.4 is 5.32 Å². The lowest BCUT2D eigenvalue weighted by Crippen LogP contribution is -2.49. The molecule has 0 unspecified atom stereocenters. The van der Waals surface area contributed by atoms with Gasteiger partial charge in [-0.25, -0.2) is 0 Å². The van der Waals surface area contributed by atoms with Crippen molar-refractivity contribution in [1.29, 1.82) is 0 Å². The molecule has 168 valence electrons. The van der Waals surface area contributed by atoms with E-state index in [1.54, 1.807) is 6.92 Å². The number of amides is 2. The Morgan fingerprint density at radius 2 is 1.90 bits per heavy atom. The van der Waals surface area contributed by atoms with Crippen LogP contribution in [-0.2, 0) is 30.4 Å². The van der Waals surface area contributed by atoms with Crippen molar-refractivity contribution in [2.24, 2.45) is 0 Å². The predicted octanol–water partition coefficient (Wildman–Crippen LogP) is 2.05. The molecular formula is C22H29N3O5S. The fourth-order valence-corrected chi connectivity index (χ4v) is 4.58. The zero-order valence-electron chi connectivity index (χ0n) is 18.1. The third-order valence-corrected chi connectivity index (χ3v) is 5.97. The van der Waals surface area contributed by atoms with Gasteiger partial charge in [-0.1, -0.05) is 18.2 Å². The fraction of sp³-hybridized carbons (Fsp3) is 0.500.